The highest BCUT2D eigenvalue weighted by Gasteiger charge is 2.36. The van der Waals surface area contributed by atoms with E-state index >= 15 is 0 Å². The lowest BCUT2D eigenvalue weighted by atomic mass is 9.97. The van der Waals surface area contributed by atoms with E-state index in [2.05, 4.69) is 34.5 Å². The smallest absolute Gasteiger partial charge is 0.321 e. The molecule has 0 radical (unpaired) electrons. The maximum Gasteiger partial charge on any atom is 0.321 e. The average Bonchev–Trinajstić information content (AvgIpc) is 2.55. The van der Waals surface area contributed by atoms with Gasteiger partial charge in [0.1, 0.15) is 0 Å². The van der Waals surface area contributed by atoms with Crippen molar-refractivity contribution in [1.29, 1.82) is 0 Å². The van der Waals surface area contributed by atoms with Crippen LogP contribution in [0.1, 0.15) is 12.0 Å². The summed E-state index contributed by atoms with van der Waals surface area (Å²) in [5, 5.41) is 2.95. The molecule has 2 aliphatic rings. The number of nitrogens with one attached hydrogen (secondary N) is 1. The van der Waals surface area contributed by atoms with Gasteiger partial charge in [0, 0.05) is 31.0 Å². The lowest BCUT2D eigenvalue weighted by Gasteiger charge is -2.48. The number of anilines is 2. The molecule has 0 saturated carbocycles. The first-order valence-corrected chi connectivity index (χ1v) is 8.27. The van der Waals surface area contributed by atoms with Gasteiger partial charge in [-0.1, -0.05) is 36.4 Å². The molecule has 0 bridgehead atoms. The second kappa shape index (κ2) is 5.95. The van der Waals surface area contributed by atoms with Crippen LogP contribution >= 0.6 is 0 Å². The van der Waals surface area contributed by atoms with E-state index < -0.39 is 0 Å². The van der Waals surface area contributed by atoms with E-state index in [4.69, 9.17) is 0 Å². The van der Waals surface area contributed by atoms with Crippen molar-refractivity contribution in [2.24, 2.45) is 0 Å². The monoisotopic (exact) mass is 307 g/mol. The molecule has 4 nitrogen and oxygen atoms in total. The first-order chi connectivity index (χ1) is 11.3. The number of nitrogens with zero attached hydrogens (tertiary/aromatic N) is 2. The predicted octanol–water partition coefficient (Wildman–Crippen LogP) is 3.36. The van der Waals surface area contributed by atoms with Gasteiger partial charge in [-0.2, -0.15) is 0 Å². The number of likely N-dealkylation sites (tertiary alicyclic amines) is 1. The minimum absolute atomic E-state index is 0.00209. The minimum Gasteiger partial charge on any atom is -0.365 e. The summed E-state index contributed by atoms with van der Waals surface area (Å²) < 4.78 is 0. The molecule has 0 spiro atoms. The van der Waals surface area contributed by atoms with Crippen molar-refractivity contribution in [3.63, 3.8) is 0 Å². The second-order valence-electron chi connectivity index (χ2n) is 6.28. The number of hydrogen-bond acceptors (Lipinski definition) is 2. The molecule has 0 atom stereocenters. The molecule has 4 rings (SSSR count). The molecule has 2 aromatic rings. The van der Waals surface area contributed by atoms with Crippen LogP contribution in [-0.4, -0.2) is 36.6 Å². The summed E-state index contributed by atoms with van der Waals surface area (Å²) >= 11 is 0. The number of amides is 2. The van der Waals surface area contributed by atoms with E-state index in [-0.39, 0.29) is 6.03 Å². The summed E-state index contributed by atoms with van der Waals surface area (Å²) in [5.41, 5.74) is 3.64. The van der Waals surface area contributed by atoms with E-state index in [1.807, 2.05) is 35.2 Å². The van der Waals surface area contributed by atoms with Crippen molar-refractivity contribution in [3.8, 4) is 0 Å². The van der Waals surface area contributed by atoms with Crippen LogP contribution in [0.25, 0.3) is 0 Å². The lowest BCUT2D eigenvalue weighted by Crippen LogP contribution is -2.62. The molecule has 118 valence electrons. The van der Waals surface area contributed by atoms with E-state index in [0.29, 0.717) is 6.04 Å². The third-order valence-corrected chi connectivity index (χ3v) is 4.76. The molecule has 1 N–H and O–H groups in total. The number of carbonyl (C=O) groups excluding carboxylic acids is 1. The van der Waals surface area contributed by atoms with Gasteiger partial charge in [0.05, 0.1) is 6.04 Å². The highest BCUT2D eigenvalue weighted by Crippen LogP contribution is 2.31. The van der Waals surface area contributed by atoms with Crippen molar-refractivity contribution in [3.05, 3.63) is 60.2 Å². The molecule has 2 amide bonds. The van der Waals surface area contributed by atoms with Gasteiger partial charge in [-0.05, 0) is 36.6 Å². The van der Waals surface area contributed by atoms with E-state index in [1.54, 1.807) is 0 Å². The predicted molar refractivity (Wildman–Crippen MR) is 92.9 cm³/mol. The highest BCUT2D eigenvalue weighted by atomic mass is 16.2. The average molecular weight is 307 g/mol. The van der Waals surface area contributed by atoms with Gasteiger partial charge in [0.25, 0.3) is 0 Å². The fourth-order valence-corrected chi connectivity index (χ4v) is 3.48. The highest BCUT2D eigenvalue weighted by molar-refractivity contribution is 5.90. The largest absolute Gasteiger partial charge is 0.365 e. The number of urea groups is 1. The molecule has 4 heteroatoms. The zero-order valence-corrected chi connectivity index (χ0v) is 13.1. The molecular formula is C19H21N3O. The number of rotatable bonds is 2. The number of benzene rings is 2. The Hall–Kier alpha value is -2.49. The van der Waals surface area contributed by atoms with Crippen molar-refractivity contribution in [2.45, 2.75) is 18.9 Å². The maximum atomic E-state index is 12.3. The quantitative estimate of drug-likeness (QED) is 0.923. The maximum absolute atomic E-state index is 12.3. The van der Waals surface area contributed by atoms with Crippen LogP contribution in [-0.2, 0) is 6.42 Å². The molecule has 2 aromatic carbocycles. The van der Waals surface area contributed by atoms with Crippen LogP contribution in [0.5, 0.6) is 0 Å². The number of carbonyl (C=O) groups is 1. The van der Waals surface area contributed by atoms with Gasteiger partial charge >= 0.3 is 6.03 Å². The summed E-state index contributed by atoms with van der Waals surface area (Å²) in [6.45, 7) is 2.69. The summed E-state index contributed by atoms with van der Waals surface area (Å²) in [7, 11) is 0. The Morgan fingerprint density at radius 1 is 1.00 bits per heavy atom. The number of aryl methyl sites for hydroxylation is 1. The molecular weight excluding hydrogens is 286 g/mol. The molecule has 0 aliphatic carbocycles. The zero-order chi connectivity index (χ0) is 15.6. The lowest BCUT2D eigenvalue weighted by molar-refractivity contribution is 0.160. The van der Waals surface area contributed by atoms with Gasteiger partial charge in [0.15, 0.2) is 0 Å². The number of fused-ring (bicyclic) bond motifs is 1. The zero-order valence-electron chi connectivity index (χ0n) is 13.1. The fourth-order valence-electron chi connectivity index (χ4n) is 3.48. The molecule has 23 heavy (non-hydrogen) atoms. The van der Waals surface area contributed by atoms with E-state index in [9.17, 15) is 4.79 Å². The van der Waals surface area contributed by atoms with Crippen molar-refractivity contribution >= 4 is 17.4 Å². The topological polar surface area (TPSA) is 35.6 Å². The van der Waals surface area contributed by atoms with Crippen LogP contribution in [0.3, 0.4) is 0 Å². The Morgan fingerprint density at radius 2 is 1.74 bits per heavy atom. The van der Waals surface area contributed by atoms with Gasteiger partial charge in [0.2, 0.25) is 0 Å². The summed E-state index contributed by atoms with van der Waals surface area (Å²) in [6.07, 6.45) is 2.36. The molecule has 2 heterocycles. The minimum atomic E-state index is -0.00209. The summed E-state index contributed by atoms with van der Waals surface area (Å²) in [4.78, 5) is 16.6. The SMILES string of the molecule is O=C(Nc1ccccc1)N1CC(N2CCCc3ccccc32)C1. The second-order valence-corrected chi connectivity index (χ2v) is 6.28. The molecule has 0 unspecified atom stereocenters. The van der Waals surface area contributed by atoms with Crippen LogP contribution in [0.2, 0.25) is 0 Å². The van der Waals surface area contributed by atoms with Crippen LogP contribution in [0, 0.1) is 0 Å². The first-order valence-electron chi connectivity index (χ1n) is 8.27. The van der Waals surface area contributed by atoms with Crippen LogP contribution in [0.4, 0.5) is 16.2 Å². The van der Waals surface area contributed by atoms with Crippen LogP contribution < -0.4 is 10.2 Å². The Morgan fingerprint density at radius 3 is 2.57 bits per heavy atom. The van der Waals surface area contributed by atoms with Crippen LogP contribution in [0.15, 0.2) is 54.6 Å². The summed E-state index contributed by atoms with van der Waals surface area (Å²) in [6, 6.07) is 18.7. The Bertz CT molecular complexity index is 695. The third kappa shape index (κ3) is 2.77. The molecule has 0 aromatic heterocycles. The standard InChI is InChI=1S/C19H21N3O/c23-19(20-16-9-2-1-3-10-16)21-13-17(14-21)22-12-6-8-15-7-4-5-11-18(15)22/h1-5,7,9-11,17H,6,8,12-14H2,(H,20,23). The normalized spacial score (nSPS) is 17.4. The third-order valence-electron chi connectivity index (χ3n) is 4.76. The molecule has 1 fully saturated rings. The summed E-state index contributed by atoms with van der Waals surface area (Å²) in [5.74, 6) is 0. The van der Waals surface area contributed by atoms with Gasteiger partial charge < -0.3 is 15.1 Å². The molecule has 1 saturated heterocycles. The van der Waals surface area contributed by atoms with Gasteiger partial charge in [-0.15, -0.1) is 0 Å². The van der Waals surface area contributed by atoms with E-state index in [1.165, 1.54) is 17.7 Å². The first kappa shape index (κ1) is 14.1. The number of hydrogen-bond donors (Lipinski definition) is 1. The molecule has 2 aliphatic heterocycles. The Labute approximate surface area is 136 Å². The van der Waals surface area contributed by atoms with Crippen molar-refractivity contribution in [1.82, 2.24) is 4.90 Å². The Kier molecular flexibility index (Phi) is 3.66. The number of para-hydroxylation sites is 2. The Balaban J connectivity index is 1.38. The van der Waals surface area contributed by atoms with E-state index in [0.717, 1.165) is 31.7 Å². The van der Waals surface area contributed by atoms with Crippen molar-refractivity contribution < 1.29 is 4.79 Å². The van der Waals surface area contributed by atoms with Gasteiger partial charge in [-0.25, -0.2) is 4.79 Å². The fraction of sp³-hybridized carbons (Fsp3) is 0.316. The van der Waals surface area contributed by atoms with Crippen molar-refractivity contribution in [2.75, 3.05) is 29.9 Å². The van der Waals surface area contributed by atoms with Gasteiger partial charge in [-0.3, -0.25) is 0 Å².